The van der Waals surface area contributed by atoms with E-state index in [0.29, 0.717) is 18.3 Å². The molecule has 0 bridgehead atoms. The molecule has 0 fully saturated rings. The van der Waals surface area contributed by atoms with Gasteiger partial charge < -0.3 is 9.84 Å². The molecule has 0 saturated carbocycles. The Labute approximate surface area is 101 Å². The number of rotatable bonds is 5. The highest BCUT2D eigenvalue weighted by Gasteiger charge is 2.01. The highest BCUT2D eigenvalue weighted by atomic mass is 16.5. The van der Waals surface area contributed by atoms with Gasteiger partial charge in [-0.05, 0) is 24.1 Å². The number of hydrogen-bond acceptors (Lipinski definition) is 4. The molecule has 90 valence electrons. The number of aromatic nitrogens is 2. The van der Waals surface area contributed by atoms with Gasteiger partial charge in [-0.15, -0.1) is 0 Å². The molecule has 4 heteroatoms. The van der Waals surface area contributed by atoms with Crippen molar-refractivity contribution in [3.63, 3.8) is 0 Å². The van der Waals surface area contributed by atoms with Crippen molar-refractivity contribution >= 4 is 5.69 Å². The molecule has 1 N–H and O–H groups in total. The van der Waals surface area contributed by atoms with Crippen molar-refractivity contribution in [3.05, 3.63) is 41.5 Å². The molecule has 2 rings (SSSR count). The van der Waals surface area contributed by atoms with Gasteiger partial charge in [0.2, 0.25) is 5.89 Å². The van der Waals surface area contributed by atoms with E-state index in [1.165, 1.54) is 12.0 Å². The monoisotopic (exact) mass is 231 g/mol. The molecule has 0 aliphatic rings. The van der Waals surface area contributed by atoms with E-state index in [1.807, 2.05) is 0 Å². The molecule has 1 aromatic heterocycles. The van der Waals surface area contributed by atoms with Crippen LogP contribution in [0.25, 0.3) is 0 Å². The van der Waals surface area contributed by atoms with Crippen LogP contribution in [0.1, 0.15) is 30.6 Å². The largest absolute Gasteiger partial charge is 0.378 e. The normalized spacial score (nSPS) is 10.5. The van der Waals surface area contributed by atoms with Crippen LogP contribution in [0.3, 0.4) is 0 Å². The summed E-state index contributed by atoms with van der Waals surface area (Å²) in [5.41, 5.74) is 2.45. The lowest BCUT2D eigenvalue weighted by atomic mass is 10.1. The van der Waals surface area contributed by atoms with E-state index in [2.05, 4.69) is 46.6 Å². The molecular weight excluding hydrogens is 214 g/mol. The van der Waals surface area contributed by atoms with Crippen molar-refractivity contribution in [2.45, 2.75) is 33.2 Å². The summed E-state index contributed by atoms with van der Waals surface area (Å²) in [4.78, 5) is 4.13. The van der Waals surface area contributed by atoms with E-state index >= 15 is 0 Å². The SMILES string of the molecule is CCCc1ccc(NCc2noc(C)n2)cc1. The van der Waals surface area contributed by atoms with Crippen molar-refractivity contribution in [1.29, 1.82) is 0 Å². The molecule has 0 amide bonds. The van der Waals surface area contributed by atoms with Crippen LogP contribution in [0.15, 0.2) is 28.8 Å². The molecule has 4 nitrogen and oxygen atoms in total. The molecule has 0 unspecified atom stereocenters. The number of anilines is 1. The van der Waals surface area contributed by atoms with Crippen LogP contribution in [-0.4, -0.2) is 10.1 Å². The summed E-state index contributed by atoms with van der Waals surface area (Å²) in [7, 11) is 0. The van der Waals surface area contributed by atoms with Gasteiger partial charge in [0.25, 0.3) is 0 Å². The lowest BCUT2D eigenvalue weighted by Crippen LogP contribution is -2.01. The van der Waals surface area contributed by atoms with Crippen molar-refractivity contribution in [3.8, 4) is 0 Å². The van der Waals surface area contributed by atoms with Gasteiger partial charge in [0, 0.05) is 12.6 Å². The summed E-state index contributed by atoms with van der Waals surface area (Å²) in [5.74, 6) is 1.28. The molecule has 0 aliphatic heterocycles. The Bertz CT molecular complexity index is 462. The Morgan fingerprint density at radius 1 is 1.24 bits per heavy atom. The minimum atomic E-state index is 0.588. The predicted octanol–water partition coefficient (Wildman–Crippen LogP) is 2.94. The molecule has 17 heavy (non-hydrogen) atoms. The molecule has 1 aromatic carbocycles. The summed E-state index contributed by atoms with van der Waals surface area (Å²) in [5, 5.41) is 7.09. The van der Waals surface area contributed by atoms with Gasteiger partial charge in [-0.25, -0.2) is 0 Å². The van der Waals surface area contributed by atoms with E-state index in [-0.39, 0.29) is 0 Å². The zero-order valence-corrected chi connectivity index (χ0v) is 10.2. The fraction of sp³-hybridized carbons (Fsp3) is 0.385. The molecule has 0 atom stereocenters. The lowest BCUT2D eigenvalue weighted by Gasteiger charge is -2.04. The van der Waals surface area contributed by atoms with Crippen LogP contribution < -0.4 is 5.32 Å². The van der Waals surface area contributed by atoms with Gasteiger partial charge in [-0.2, -0.15) is 4.98 Å². The topological polar surface area (TPSA) is 51.0 Å². The Kier molecular flexibility index (Phi) is 3.75. The van der Waals surface area contributed by atoms with Gasteiger partial charge in [0.15, 0.2) is 5.82 Å². The summed E-state index contributed by atoms with van der Waals surface area (Å²) >= 11 is 0. The van der Waals surface area contributed by atoms with Gasteiger partial charge in [-0.3, -0.25) is 0 Å². The van der Waals surface area contributed by atoms with Gasteiger partial charge in [-0.1, -0.05) is 30.6 Å². The fourth-order valence-corrected chi connectivity index (χ4v) is 1.67. The molecule has 0 saturated heterocycles. The van der Waals surface area contributed by atoms with Crippen molar-refractivity contribution in [2.24, 2.45) is 0 Å². The molecule has 0 spiro atoms. The fourth-order valence-electron chi connectivity index (χ4n) is 1.67. The van der Waals surface area contributed by atoms with E-state index in [1.54, 1.807) is 6.92 Å². The molecule has 1 heterocycles. The Morgan fingerprint density at radius 2 is 2.00 bits per heavy atom. The Morgan fingerprint density at radius 3 is 2.59 bits per heavy atom. The predicted molar refractivity (Wildman–Crippen MR) is 66.8 cm³/mol. The second-order valence-corrected chi connectivity index (χ2v) is 4.03. The van der Waals surface area contributed by atoms with Gasteiger partial charge in [0.1, 0.15) is 0 Å². The van der Waals surface area contributed by atoms with Crippen molar-refractivity contribution in [1.82, 2.24) is 10.1 Å². The summed E-state index contributed by atoms with van der Waals surface area (Å²) < 4.78 is 4.90. The number of benzene rings is 1. The third-order valence-electron chi connectivity index (χ3n) is 2.51. The minimum Gasteiger partial charge on any atom is -0.378 e. The number of nitrogens with one attached hydrogen (secondary N) is 1. The summed E-state index contributed by atoms with van der Waals surface area (Å²) in [6.07, 6.45) is 2.30. The quantitative estimate of drug-likeness (QED) is 0.859. The van der Waals surface area contributed by atoms with E-state index in [9.17, 15) is 0 Å². The molecule has 2 aromatic rings. The van der Waals surface area contributed by atoms with Crippen LogP contribution in [-0.2, 0) is 13.0 Å². The van der Waals surface area contributed by atoms with Crippen LogP contribution in [0, 0.1) is 6.92 Å². The van der Waals surface area contributed by atoms with Crippen LogP contribution in [0.4, 0.5) is 5.69 Å². The number of hydrogen-bond donors (Lipinski definition) is 1. The minimum absolute atomic E-state index is 0.588. The first-order chi connectivity index (χ1) is 8.28. The van der Waals surface area contributed by atoms with E-state index < -0.39 is 0 Å². The average molecular weight is 231 g/mol. The highest BCUT2D eigenvalue weighted by molar-refractivity contribution is 5.44. The average Bonchev–Trinajstić information content (AvgIpc) is 2.75. The van der Waals surface area contributed by atoms with Gasteiger partial charge in [0.05, 0.1) is 6.54 Å². The standard InChI is InChI=1S/C13H17N3O/c1-3-4-11-5-7-12(8-6-11)14-9-13-15-10(2)17-16-13/h5-8,14H,3-4,9H2,1-2H3. The van der Waals surface area contributed by atoms with E-state index in [0.717, 1.165) is 12.1 Å². The van der Waals surface area contributed by atoms with Crippen molar-refractivity contribution in [2.75, 3.05) is 5.32 Å². The maximum absolute atomic E-state index is 4.90. The first-order valence-corrected chi connectivity index (χ1v) is 5.90. The maximum atomic E-state index is 4.90. The van der Waals surface area contributed by atoms with Crippen LogP contribution in [0.2, 0.25) is 0 Å². The zero-order valence-electron chi connectivity index (χ0n) is 10.2. The Balaban J connectivity index is 1.90. The number of nitrogens with zero attached hydrogens (tertiary/aromatic N) is 2. The lowest BCUT2D eigenvalue weighted by molar-refractivity contribution is 0.388. The van der Waals surface area contributed by atoms with E-state index in [4.69, 9.17) is 4.52 Å². The third kappa shape index (κ3) is 3.31. The number of aryl methyl sites for hydroxylation is 2. The first-order valence-electron chi connectivity index (χ1n) is 5.90. The Hall–Kier alpha value is -1.84. The second-order valence-electron chi connectivity index (χ2n) is 4.03. The van der Waals surface area contributed by atoms with Gasteiger partial charge >= 0.3 is 0 Å². The third-order valence-corrected chi connectivity index (χ3v) is 2.51. The zero-order chi connectivity index (χ0) is 12.1. The molecule has 0 aliphatic carbocycles. The van der Waals surface area contributed by atoms with Crippen LogP contribution >= 0.6 is 0 Å². The summed E-state index contributed by atoms with van der Waals surface area (Å²) in [6.45, 7) is 4.56. The van der Waals surface area contributed by atoms with Crippen LogP contribution in [0.5, 0.6) is 0 Å². The highest BCUT2D eigenvalue weighted by Crippen LogP contribution is 2.11. The smallest absolute Gasteiger partial charge is 0.223 e. The second kappa shape index (κ2) is 5.48. The van der Waals surface area contributed by atoms with Crippen molar-refractivity contribution < 1.29 is 4.52 Å². The summed E-state index contributed by atoms with van der Waals surface area (Å²) in [6, 6.07) is 8.45. The molecular formula is C13H17N3O. The first kappa shape index (κ1) is 11.6. The maximum Gasteiger partial charge on any atom is 0.223 e. The molecule has 0 radical (unpaired) electrons.